The van der Waals surface area contributed by atoms with Crippen LogP contribution in [0.3, 0.4) is 0 Å². The van der Waals surface area contributed by atoms with Crippen LogP contribution in [0.1, 0.15) is 29.6 Å². The van der Waals surface area contributed by atoms with E-state index in [-0.39, 0.29) is 5.91 Å². The first-order chi connectivity index (χ1) is 11.4. The van der Waals surface area contributed by atoms with E-state index in [1.165, 1.54) is 6.92 Å². The molecule has 1 saturated heterocycles. The van der Waals surface area contributed by atoms with Crippen LogP contribution in [0.15, 0.2) is 23.6 Å². The summed E-state index contributed by atoms with van der Waals surface area (Å²) >= 11 is 7.89. The fraction of sp³-hybridized carbons (Fsp3) is 0.353. The molecule has 1 aliphatic rings. The second-order valence-electron chi connectivity index (χ2n) is 5.98. The lowest BCUT2D eigenvalue weighted by molar-refractivity contribution is -0.120. The summed E-state index contributed by atoms with van der Waals surface area (Å²) < 4.78 is 0. The van der Waals surface area contributed by atoms with E-state index in [1.807, 2.05) is 12.3 Å². The van der Waals surface area contributed by atoms with Crippen molar-refractivity contribution in [3.8, 4) is 6.07 Å². The van der Waals surface area contributed by atoms with Crippen LogP contribution < -0.4 is 10.2 Å². The number of nitriles is 1. The average Bonchev–Trinajstić information content (AvgIpc) is 3.14. The molecular formula is C17H17ClN4OS. The Morgan fingerprint density at radius 2 is 2.33 bits per heavy atom. The maximum Gasteiger partial charge on any atom is 0.217 e. The van der Waals surface area contributed by atoms with E-state index in [0.717, 1.165) is 22.8 Å². The minimum Gasteiger partial charge on any atom is -0.366 e. The molecule has 1 aromatic heterocycles. The predicted octanol–water partition coefficient (Wildman–Crippen LogP) is 3.22. The van der Waals surface area contributed by atoms with Gasteiger partial charge in [0.1, 0.15) is 16.6 Å². The van der Waals surface area contributed by atoms with Gasteiger partial charge < -0.3 is 10.2 Å². The van der Waals surface area contributed by atoms with Gasteiger partial charge in [-0.3, -0.25) is 4.79 Å². The Kier molecular flexibility index (Phi) is 4.48. The van der Waals surface area contributed by atoms with Gasteiger partial charge in [0.05, 0.1) is 16.3 Å². The molecule has 0 aliphatic carbocycles. The zero-order valence-electron chi connectivity index (χ0n) is 13.5. The van der Waals surface area contributed by atoms with E-state index in [2.05, 4.69) is 21.3 Å². The number of carbonyl (C=O) groups excluding carboxylic acids is 1. The molecule has 1 fully saturated rings. The fourth-order valence-electron chi connectivity index (χ4n) is 3.17. The molecular weight excluding hydrogens is 344 g/mol. The number of carbonyl (C=O) groups is 1. The first kappa shape index (κ1) is 16.7. The smallest absolute Gasteiger partial charge is 0.217 e. The first-order valence-corrected chi connectivity index (χ1v) is 8.86. The lowest BCUT2D eigenvalue weighted by atomic mass is 9.99. The van der Waals surface area contributed by atoms with Crippen molar-refractivity contribution in [2.75, 3.05) is 18.0 Å². The van der Waals surface area contributed by atoms with E-state index in [0.29, 0.717) is 23.7 Å². The molecule has 0 bridgehead atoms. The second kappa shape index (κ2) is 6.42. The lowest BCUT2D eigenvalue weighted by Crippen LogP contribution is -2.47. The fourth-order valence-corrected chi connectivity index (χ4v) is 4.44. The Morgan fingerprint density at radius 1 is 1.54 bits per heavy atom. The van der Waals surface area contributed by atoms with Crippen molar-refractivity contribution in [3.63, 3.8) is 0 Å². The van der Waals surface area contributed by atoms with Gasteiger partial charge >= 0.3 is 0 Å². The largest absolute Gasteiger partial charge is 0.366 e. The number of halogens is 1. The Bertz CT molecular complexity index is 828. The average molecular weight is 361 g/mol. The summed E-state index contributed by atoms with van der Waals surface area (Å²) in [6.07, 6.45) is 0.718. The molecule has 7 heteroatoms. The number of anilines is 1. The van der Waals surface area contributed by atoms with E-state index in [4.69, 9.17) is 11.6 Å². The Balaban J connectivity index is 2.00. The van der Waals surface area contributed by atoms with E-state index < -0.39 is 5.54 Å². The highest BCUT2D eigenvalue weighted by Gasteiger charge is 2.43. The van der Waals surface area contributed by atoms with E-state index in [1.54, 1.807) is 29.5 Å². The van der Waals surface area contributed by atoms with Crippen molar-refractivity contribution in [1.29, 1.82) is 5.26 Å². The zero-order chi connectivity index (χ0) is 17.3. The van der Waals surface area contributed by atoms with Gasteiger partial charge in [-0.05, 0) is 25.5 Å². The summed E-state index contributed by atoms with van der Waals surface area (Å²) in [6.45, 7) is 4.69. The van der Waals surface area contributed by atoms with Crippen LogP contribution in [0.25, 0.3) is 0 Å². The third-order valence-corrected chi connectivity index (χ3v) is 5.61. The minimum atomic E-state index is -0.545. The highest BCUT2D eigenvalue weighted by atomic mass is 35.5. The minimum absolute atomic E-state index is 0.0932. The third-order valence-electron chi connectivity index (χ3n) is 4.14. The number of benzene rings is 1. The van der Waals surface area contributed by atoms with Crippen LogP contribution in [-0.4, -0.2) is 24.0 Å². The normalized spacial score (nSPS) is 20.0. The van der Waals surface area contributed by atoms with Crippen molar-refractivity contribution >= 4 is 34.5 Å². The molecule has 0 radical (unpaired) electrons. The molecule has 1 unspecified atom stereocenters. The van der Waals surface area contributed by atoms with Crippen LogP contribution in [0.2, 0.25) is 5.02 Å². The van der Waals surface area contributed by atoms with E-state index >= 15 is 0 Å². The molecule has 124 valence electrons. The SMILES string of the molecule is CC(=O)NC1(c2nc(C)cs2)CCN(c2c(Cl)cccc2C#N)C1. The van der Waals surface area contributed by atoms with Crippen LogP contribution in [0.5, 0.6) is 0 Å². The number of para-hydroxylation sites is 1. The molecule has 1 aromatic carbocycles. The maximum absolute atomic E-state index is 11.8. The number of aromatic nitrogens is 1. The van der Waals surface area contributed by atoms with Gasteiger partial charge in [0.15, 0.2) is 0 Å². The van der Waals surface area contributed by atoms with Gasteiger partial charge in [0.25, 0.3) is 0 Å². The molecule has 2 aromatic rings. The lowest BCUT2D eigenvalue weighted by Gasteiger charge is -2.29. The molecule has 24 heavy (non-hydrogen) atoms. The van der Waals surface area contributed by atoms with Crippen molar-refractivity contribution in [1.82, 2.24) is 10.3 Å². The molecule has 1 aliphatic heterocycles. The highest BCUT2D eigenvalue weighted by molar-refractivity contribution is 7.09. The molecule has 1 amide bonds. The van der Waals surface area contributed by atoms with Crippen LogP contribution >= 0.6 is 22.9 Å². The van der Waals surface area contributed by atoms with Crippen molar-refractivity contribution in [2.24, 2.45) is 0 Å². The van der Waals surface area contributed by atoms with Gasteiger partial charge in [0.2, 0.25) is 5.91 Å². The monoisotopic (exact) mass is 360 g/mol. The van der Waals surface area contributed by atoms with Crippen LogP contribution in [0, 0.1) is 18.3 Å². The van der Waals surface area contributed by atoms with Gasteiger partial charge in [-0.15, -0.1) is 11.3 Å². The summed E-state index contributed by atoms with van der Waals surface area (Å²) in [6, 6.07) is 7.51. The van der Waals surface area contributed by atoms with Gasteiger partial charge in [-0.1, -0.05) is 17.7 Å². The summed E-state index contributed by atoms with van der Waals surface area (Å²) in [4.78, 5) is 18.4. The van der Waals surface area contributed by atoms with Gasteiger partial charge in [0, 0.05) is 31.1 Å². The molecule has 1 N–H and O–H groups in total. The maximum atomic E-state index is 11.8. The quantitative estimate of drug-likeness (QED) is 0.912. The molecule has 1 atom stereocenters. The molecule has 3 rings (SSSR count). The Morgan fingerprint density at radius 3 is 2.96 bits per heavy atom. The van der Waals surface area contributed by atoms with Gasteiger partial charge in [-0.25, -0.2) is 4.98 Å². The highest BCUT2D eigenvalue weighted by Crippen LogP contribution is 2.39. The van der Waals surface area contributed by atoms with Gasteiger partial charge in [-0.2, -0.15) is 5.26 Å². The first-order valence-electron chi connectivity index (χ1n) is 7.60. The topological polar surface area (TPSA) is 69.0 Å². The Hall–Kier alpha value is -2.10. The number of nitrogens with zero attached hydrogens (tertiary/aromatic N) is 3. The van der Waals surface area contributed by atoms with Crippen molar-refractivity contribution < 1.29 is 4.79 Å². The van der Waals surface area contributed by atoms with Crippen molar-refractivity contribution in [2.45, 2.75) is 25.8 Å². The number of rotatable bonds is 3. The number of nitrogens with one attached hydrogen (secondary N) is 1. The molecule has 0 saturated carbocycles. The zero-order valence-corrected chi connectivity index (χ0v) is 15.0. The summed E-state index contributed by atoms with van der Waals surface area (Å²) in [5.74, 6) is -0.0932. The predicted molar refractivity (Wildman–Crippen MR) is 95.3 cm³/mol. The molecule has 2 heterocycles. The third kappa shape index (κ3) is 2.97. The summed E-state index contributed by atoms with van der Waals surface area (Å²) in [5.41, 5.74) is 1.66. The van der Waals surface area contributed by atoms with Crippen LogP contribution in [-0.2, 0) is 10.3 Å². The van der Waals surface area contributed by atoms with Crippen molar-refractivity contribution in [3.05, 3.63) is 44.9 Å². The molecule has 5 nitrogen and oxygen atoms in total. The number of hydrogen-bond donors (Lipinski definition) is 1. The van der Waals surface area contributed by atoms with E-state index in [9.17, 15) is 10.1 Å². The summed E-state index contributed by atoms with van der Waals surface area (Å²) in [5, 5.41) is 15.9. The number of thiazole rings is 1. The number of amides is 1. The molecule has 0 spiro atoms. The number of hydrogen-bond acceptors (Lipinski definition) is 5. The van der Waals surface area contributed by atoms with Crippen LogP contribution in [0.4, 0.5) is 5.69 Å². The standard InChI is InChI=1S/C17H17ClN4OS/c1-11-9-24-16(20-11)17(21-12(2)23)6-7-22(10-17)15-13(8-19)4-3-5-14(15)18/h3-5,9H,6-7,10H2,1-2H3,(H,21,23). The second-order valence-corrected chi connectivity index (χ2v) is 7.24. The summed E-state index contributed by atoms with van der Waals surface area (Å²) in [7, 11) is 0. The number of aryl methyl sites for hydroxylation is 1. The Labute approximate surface area is 149 Å².